The van der Waals surface area contributed by atoms with Gasteiger partial charge in [0.15, 0.2) is 5.69 Å². The lowest BCUT2D eigenvalue weighted by atomic mass is 9.97. The molecule has 3 amide bonds. The zero-order chi connectivity index (χ0) is 28.3. The summed E-state index contributed by atoms with van der Waals surface area (Å²) in [5, 5.41) is 3.88. The van der Waals surface area contributed by atoms with Crippen LogP contribution in [0.5, 0.6) is 5.75 Å². The van der Waals surface area contributed by atoms with Crippen LogP contribution in [0.2, 0.25) is 0 Å². The molecule has 11 heteroatoms. The van der Waals surface area contributed by atoms with Gasteiger partial charge in [0.1, 0.15) is 16.7 Å². The van der Waals surface area contributed by atoms with Crippen LogP contribution in [0.15, 0.2) is 54.7 Å². The van der Waals surface area contributed by atoms with Crippen LogP contribution in [-0.2, 0) is 4.79 Å². The van der Waals surface area contributed by atoms with Gasteiger partial charge in [-0.2, -0.15) is 4.37 Å². The van der Waals surface area contributed by atoms with Gasteiger partial charge < -0.3 is 26.5 Å². The Labute approximate surface area is 230 Å². The Kier molecular flexibility index (Phi) is 7.91. The number of para-hydroxylation sites is 1. The van der Waals surface area contributed by atoms with Crippen LogP contribution in [-0.4, -0.2) is 39.2 Å². The number of aromatic amines is 1. The summed E-state index contributed by atoms with van der Waals surface area (Å²) in [5.74, 6) is -1.21. The van der Waals surface area contributed by atoms with Gasteiger partial charge in [-0.25, -0.2) is 0 Å². The zero-order valence-corrected chi connectivity index (χ0v) is 23.1. The second-order valence-corrected chi connectivity index (χ2v) is 10.4. The highest BCUT2D eigenvalue weighted by Crippen LogP contribution is 2.36. The molecule has 2 aromatic carbocycles. The van der Waals surface area contributed by atoms with E-state index in [1.54, 1.807) is 30.5 Å². The van der Waals surface area contributed by atoms with Crippen LogP contribution in [0.4, 0.5) is 11.4 Å². The topological polar surface area (TPSA) is 156 Å². The molecule has 0 aliphatic carbocycles. The van der Waals surface area contributed by atoms with E-state index in [4.69, 9.17) is 16.2 Å². The fourth-order valence-corrected chi connectivity index (χ4v) is 4.94. The quantitative estimate of drug-likeness (QED) is 0.230. The fourth-order valence-electron chi connectivity index (χ4n) is 4.20. The number of aromatic nitrogens is 2. The summed E-state index contributed by atoms with van der Waals surface area (Å²) in [5.41, 5.74) is 12.6. The van der Waals surface area contributed by atoms with E-state index in [9.17, 15) is 14.4 Å². The number of benzene rings is 2. The summed E-state index contributed by atoms with van der Waals surface area (Å²) in [6.45, 7) is 8.15. The normalized spacial score (nSPS) is 12.2. The number of primary amides is 1. The number of nitrogen functional groups attached to an aromatic ring is 1. The van der Waals surface area contributed by atoms with Crippen LogP contribution in [0, 0.1) is 0 Å². The first-order chi connectivity index (χ1) is 18.6. The van der Waals surface area contributed by atoms with E-state index in [1.807, 2.05) is 52.0 Å². The molecular formula is C28H32N6O4S. The number of nitrogens with zero attached hydrogens (tertiary/aromatic N) is 2. The van der Waals surface area contributed by atoms with Gasteiger partial charge in [0.25, 0.3) is 11.8 Å². The van der Waals surface area contributed by atoms with Gasteiger partial charge in [-0.1, -0.05) is 25.1 Å². The van der Waals surface area contributed by atoms with E-state index in [1.165, 1.54) is 4.90 Å². The van der Waals surface area contributed by atoms with Crippen molar-refractivity contribution in [3.8, 4) is 5.75 Å². The van der Waals surface area contributed by atoms with E-state index < -0.39 is 23.4 Å². The first kappa shape index (κ1) is 27.6. The SMILES string of the molecule is CCOc1ccc(N(C(=O)c2snc(C(N)=O)c2N)[C@H](C(=O)NC(C)(C)CC)c2c[nH]c3ccccc23)cc1. The number of amides is 3. The average Bonchev–Trinajstić information content (AvgIpc) is 3.51. The third-order valence-corrected chi connectivity index (χ3v) is 7.42. The lowest BCUT2D eigenvalue weighted by Gasteiger charge is -2.34. The molecule has 0 fully saturated rings. The first-order valence-electron chi connectivity index (χ1n) is 12.6. The summed E-state index contributed by atoms with van der Waals surface area (Å²) in [7, 11) is 0. The first-order valence-corrected chi connectivity index (χ1v) is 13.3. The highest BCUT2D eigenvalue weighted by Gasteiger charge is 2.38. The minimum Gasteiger partial charge on any atom is -0.494 e. The summed E-state index contributed by atoms with van der Waals surface area (Å²) in [4.78, 5) is 44.8. The highest BCUT2D eigenvalue weighted by molar-refractivity contribution is 7.09. The number of H-pyrrole nitrogens is 1. The van der Waals surface area contributed by atoms with Crippen molar-refractivity contribution in [1.29, 1.82) is 0 Å². The average molecular weight is 549 g/mol. The largest absolute Gasteiger partial charge is 0.494 e. The lowest BCUT2D eigenvalue weighted by Crippen LogP contribution is -2.50. The molecule has 10 nitrogen and oxygen atoms in total. The maximum Gasteiger partial charge on any atom is 0.273 e. The molecule has 1 atom stereocenters. The van der Waals surface area contributed by atoms with Crippen molar-refractivity contribution in [2.24, 2.45) is 5.73 Å². The van der Waals surface area contributed by atoms with Crippen LogP contribution in [0.25, 0.3) is 10.9 Å². The molecule has 4 rings (SSSR count). The van der Waals surface area contributed by atoms with Crippen molar-refractivity contribution in [1.82, 2.24) is 14.7 Å². The van der Waals surface area contributed by atoms with Crippen LogP contribution < -0.4 is 26.4 Å². The van der Waals surface area contributed by atoms with E-state index in [0.717, 1.165) is 22.4 Å². The molecule has 0 spiro atoms. The molecule has 0 aliphatic heterocycles. The molecule has 4 aromatic rings. The molecule has 2 aromatic heterocycles. The summed E-state index contributed by atoms with van der Waals surface area (Å²) in [6, 6.07) is 13.3. The molecule has 0 saturated heterocycles. The van der Waals surface area contributed by atoms with E-state index in [0.29, 0.717) is 30.0 Å². The number of fused-ring (bicyclic) bond motifs is 1. The number of anilines is 2. The molecule has 6 N–H and O–H groups in total. The molecule has 2 heterocycles. The molecule has 204 valence electrons. The standard InChI is InChI=1S/C28H32N6O4S/c1-5-28(3,4)32-26(36)23(19-15-31-20-10-8-7-9-18(19)20)34(16-11-13-17(14-12-16)38-6-2)27(37)24-21(29)22(25(30)35)33-39-24/h7-15,23,31H,5-6,29H2,1-4H3,(H2,30,35)(H,32,36)/t23-/m0/s1. The van der Waals surface area contributed by atoms with Gasteiger partial charge in [-0.05, 0) is 69.1 Å². The smallest absolute Gasteiger partial charge is 0.273 e. The molecule has 0 saturated carbocycles. The van der Waals surface area contributed by atoms with Crippen molar-refractivity contribution in [3.63, 3.8) is 0 Å². The van der Waals surface area contributed by atoms with Crippen LogP contribution in [0.1, 0.15) is 65.9 Å². The van der Waals surface area contributed by atoms with Crippen molar-refractivity contribution < 1.29 is 19.1 Å². The van der Waals surface area contributed by atoms with Crippen molar-refractivity contribution >= 4 is 51.5 Å². The van der Waals surface area contributed by atoms with Gasteiger partial charge in [0.05, 0.1) is 12.3 Å². The number of nitrogens with two attached hydrogens (primary N) is 2. The second kappa shape index (κ2) is 11.2. The molecule has 0 aliphatic rings. The van der Waals surface area contributed by atoms with Crippen molar-refractivity contribution in [2.45, 2.75) is 45.7 Å². The van der Waals surface area contributed by atoms with Gasteiger partial charge in [-0.15, -0.1) is 0 Å². The predicted molar refractivity (Wildman–Crippen MR) is 153 cm³/mol. The zero-order valence-electron chi connectivity index (χ0n) is 22.3. The molecule has 0 radical (unpaired) electrons. The Morgan fingerprint density at radius 2 is 1.82 bits per heavy atom. The minimum atomic E-state index is -1.10. The Hall–Kier alpha value is -4.38. The number of rotatable bonds is 10. The van der Waals surface area contributed by atoms with Crippen LogP contribution >= 0.6 is 11.5 Å². The Morgan fingerprint density at radius 3 is 2.44 bits per heavy atom. The summed E-state index contributed by atoms with van der Waals surface area (Å²) >= 11 is 0.763. The Morgan fingerprint density at radius 1 is 1.13 bits per heavy atom. The number of nitrogens with one attached hydrogen (secondary N) is 2. The summed E-state index contributed by atoms with van der Waals surface area (Å²) < 4.78 is 9.59. The predicted octanol–water partition coefficient (Wildman–Crippen LogP) is 4.40. The van der Waals surface area contributed by atoms with E-state index >= 15 is 0 Å². The number of hydrogen-bond acceptors (Lipinski definition) is 7. The third kappa shape index (κ3) is 5.58. The number of carbonyl (C=O) groups excluding carboxylic acids is 3. The maximum atomic E-state index is 14.3. The number of ether oxygens (including phenoxy) is 1. The Bertz CT molecular complexity index is 1510. The third-order valence-electron chi connectivity index (χ3n) is 6.57. The van der Waals surface area contributed by atoms with Crippen molar-refractivity contribution in [2.75, 3.05) is 17.2 Å². The van der Waals surface area contributed by atoms with E-state index in [-0.39, 0.29) is 22.2 Å². The number of hydrogen-bond donors (Lipinski definition) is 4. The van der Waals surface area contributed by atoms with Gasteiger partial charge in [0.2, 0.25) is 5.91 Å². The lowest BCUT2D eigenvalue weighted by molar-refractivity contribution is -0.124. The van der Waals surface area contributed by atoms with Crippen molar-refractivity contribution in [3.05, 3.63) is 70.9 Å². The second-order valence-electron chi connectivity index (χ2n) is 9.66. The summed E-state index contributed by atoms with van der Waals surface area (Å²) in [6.07, 6.45) is 2.40. The minimum absolute atomic E-state index is 0.00470. The van der Waals surface area contributed by atoms with E-state index in [2.05, 4.69) is 14.7 Å². The van der Waals surface area contributed by atoms with Gasteiger partial charge in [0, 0.05) is 33.9 Å². The fraction of sp³-hybridized carbons (Fsp3) is 0.286. The Balaban J connectivity index is 1.94. The highest BCUT2D eigenvalue weighted by atomic mass is 32.1. The maximum absolute atomic E-state index is 14.3. The number of carbonyl (C=O) groups is 3. The van der Waals surface area contributed by atoms with Gasteiger partial charge >= 0.3 is 0 Å². The van der Waals surface area contributed by atoms with Crippen LogP contribution in [0.3, 0.4) is 0 Å². The molecule has 39 heavy (non-hydrogen) atoms. The molecular weight excluding hydrogens is 516 g/mol. The molecule has 0 unspecified atom stereocenters. The monoisotopic (exact) mass is 548 g/mol. The van der Waals surface area contributed by atoms with Gasteiger partial charge in [-0.3, -0.25) is 19.3 Å². The molecule has 0 bridgehead atoms.